The summed E-state index contributed by atoms with van der Waals surface area (Å²) < 4.78 is 2.04. The maximum atomic E-state index is 12.9. The fraction of sp³-hybridized carbons (Fsp3) is 0.176. The molecular weight excluding hydrogens is 326 g/mol. The van der Waals surface area contributed by atoms with Crippen molar-refractivity contribution in [2.24, 2.45) is 0 Å². The normalized spacial score (nSPS) is 13.6. The molecule has 0 saturated heterocycles. The number of hydrogen-bond donors (Lipinski definition) is 1. The highest BCUT2D eigenvalue weighted by molar-refractivity contribution is 7.98. The number of fused-ring (bicyclic) bond motifs is 1. The van der Waals surface area contributed by atoms with Gasteiger partial charge in [0.1, 0.15) is 5.00 Å². The van der Waals surface area contributed by atoms with Gasteiger partial charge in [-0.1, -0.05) is 0 Å². The molecule has 116 valence electrons. The van der Waals surface area contributed by atoms with Crippen molar-refractivity contribution in [3.63, 3.8) is 0 Å². The number of anilines is 1. The molecule has 4 rings (SSSR count). The Kier molecular flexibility index (Phi) is 3.93. The first-order valence-corrected chi connectivity index (χ1v) is 9.37. The third-order valence-electron chi connectivity index (χ3n) is 3.81. The van der Waals surface area contributed by atoms with Crippen LogP contribution in [0, 0.1) is 0 Å². The summed E-state index contributed by atoms with van der Waals surface area (Å²) in [6, 6.07) is 7.58. The minimum Gasteiger partial charge on any atom is -0.322 e. The van der Waals surface area contributed by atoms with Gasteiger partial charge in [0, 0.05) is 41.1 Å². The Morgan fingerprint density at radius 3 is 2.78 bits per heavy atom. The molecule has 0 fully saturated rings. The standard InChI is InChI=1S/C17H15N3OS2/c21-16(19-12-3-6-18-7-4-12)15-13-5-10-22-11-14(13)23-17(15)20-8-1-2-9-20/h1-4,6-9H,5,10-11H2,(H,18,19,21). The predicted molar refractivity (Wildman–Crippen MR) is 95.7 cm³/mol. The lowest BCUT2D eigenvalue weighted by Crippen LogP contribution is -2.16. The number of thiophene rings is 1. The van der Waals surface area contributed by atoms with Crippen LogP contribution in [0.2, 0.25) is 0 Å². The first-order chi connectivity index (χ1) is 11.3. The summed E-state index contributed by atoms with van der Waals surface area (Å²) in [5.74, 6) is 2.03. The van der Waals surface area contributed by atoms with Crippen LogP contribution in [-0.2, 0) is 12.2 Å². The molecule has 4 heterocycles. The molecule has 0 unspecified atom stereocenters. The molecule has 0 aliphatic carbocycles. The highest BCUT2D eigenvalue weighted by Crippen LogP contribution is 2.38. The molecule has 6 heteroatoms. The van der Waals surface area contributed by atoms with Gasteiger partial charge >= 0.3 is 0 Å². The van der Waals surface area contributed by atoms with Gasteiger partial charge in [-0.3, -0.25) is 9.78 Å². The second-order valence-corrected chi connectivity index (χ2v) is 7.46. The number of rotatable bonds is 3. The van der Waals surface area contributed by atoms with E-state index >= 15 is 0 Å². The van der Waals surface area contributed by atoms with Crippen LogP contribution in [0.3, 0.4) is 0 Å². The average molecular weight is 341 g/mol. The number of nitrogens with one attached hydrogen (secondary N) is 1. The lowest BCUT2D eigenvalue weighted by molar-refractivity contribution is 0.102. The summed E-state index contributed by atoms with van der Waals surface area (Å²) in [5, 5.41) is 4.01. The van der Waals surface area contributed by atoms with Crippen molar-refractivity contribution in [3.8, 4) is 5.00 Å². The number of nitrogens with zero attached hydrogens (tertiary/aromatic N) is 2. The fourth-order valence-electron chi connectivity index (χ4n) is 2.73. The van der Waals surface area contributed by atoms with Gasteiger partial charge in [0.15, 0.2) is 0 Å². The van der Waals surface area contributed by atoms with Crippen molar-refractivity contribution >= 4 is 34.7 Å². The van der Waals surface area contributed by atoms with Crippen LogP contribution >= 0.6 is 23.1 Å². The monoisotopic (exact) mass is 341 g/mol. The van der Waals surface area contributed by atoms with Crippen LogP contribution in [0.25, 0.3) is 5.00 Å². The number of pyridine rings is 1. The molecule has 3 aromatic rings. The van der Waals surface area contributed by atoms with Crippen molar-refractivity contribution in [1.29, 1.82) is 0 Å². The van der Waals surface area contributed by atoms with Gasteiger partial charge in [-0.15, -0.1) is 11.3 Å². The van der Waals surface area contributed by atoms with E-state index in [4.69, 9.17) is 0 Å². The molecule has 0 radical (unpaired) electrons. The molecule has 23 heavy (non-hydrogen) atoms. The molecule has 1 N–H and O–H groups in total. The number of carbonyl (C=O) groups excluding carboxylic acids is 1. The average Bonchev–Trinajstić information content (AvgIpc) is 3.23. The highest BCUT2D eigenvalue weighted by atomic mass is 32.2. The summed E-state index contributed by atoms with van der Waals surface area (Å²) in [5.41, 5.74) is 2.80. The number of aromatic nitrogens is 2. The predicted octanol–water partition coefficient (Wildman–Crippen LogP) is 3.98. The highest BCUT2D eigenvalue weighted by Gasteiger charge is 2.26. The number of amides is 1. The zero-order chi connectivity index (χ0) is 15.6. The van der Waals surface area contributed by atoms with Crippen LogP contribution in [0.15, 0.2) is 49.1 Å². The molecule has 1 aliphatic rings. The lowest BCUT2D eigenvalue weighted by atomic mass is 10.1. The molecule has 4 nitrogen and oxygen atoms in total. The van der Waals surface area contributed by atoms with Gasteiger partial charge in [-0.05, 0) is 42.0 Å². The first-order valence-electron chi connectivity index (χ1n) is 7.40. The van der Waals surface area contributed by atoms with E-state index in [0.29, 0.717) is 0 Å². The molecule has 0 spiro atoms. The van der Waals surface area contributed by atoms with E-state index in [1.807, 2.05) is 53.0 Å². The molecule has 0 saturated carbocycles. The third-order valence-corrected chi connectivity index (χ3v) is 6.22. The smallest absolute Gasteiger partial charge is 0.258 e. The van der Waals surface area contributed by atoms with Crippen molar-refractivity contribution in [3.05, 3.63) is 65.1 Å². The van der Waals surface area contributed by atoms with Gasteiger partial charge in [0.25, 0.3) is 5.91 Å². The molecule has 3 aromatic heterocycles. The number of carbonyl (C=O) groups is 1. The van der Waals surface area contributed by atoms with E-state index < -0.39 is 0 Å². The fourth-order valence-corrected chi connectivity index (χ4v) is 5.18. The Morgan fingerprint density at radius 1 is 1.22 bits per heavy atom. The van der Waals surface area contributed by atoms with Crippen molar-refractivity contribution in [2.75, 3.05) is 11.1 Å². The van der Waals surface area contributed by atoms with Crippen LogP contribution < -0.4 is 5.32 Å². The minimum atomic E-state index is -0.0377. The van der Waals surface area contributed by atoms with Crippen LogP contribution in [-0.4, -0.2) is 21.2 Å². The van der Waals surface area contributed by atoms with E-state index in [1.165, 1.54) is 10.4 Å². The van der Waals surface area contributed by atoms with Crippen molar-refractivity contribution in [1.82, 2.24) is 9.55 Å². The van der Waals surface area contributed by atoms with Crippen molar-refractivity contribution < 1.29 is 4.79 Å². The topological polar surface area (TPSA) is 46.9 Å². The molecule has 0 atom stereocenters. The number of hydrogen-bond acceptors (Lipinski definition) is 4. The quantitative estimate of drug-likeness (QED) is 0.784. The summed E-state index contributed by atoms with van der Waals surface area (Å²) in [7, 11) is 0. The van der Waals surface area contributed by atoms with E-state index in [-0.39, 0.29) is 5.91 Å². The second-order valence-electron chi connectivity index (χ2n) is 5.27. The Labute approximate surface area is 142 Å². The first kappa shape index (κ1) is 14.5. The summed E-state index contributed by atoms with van der Waals surface area (Å²) >= 11 is 3.66. The van der Waals surface area contributed by atoms with Crippen LogP contribution in [0.4, 0.5) is 5.69 Å². The van der Waals surface area contributed by atoms with E-state index in [0.717, 1.165) is 34.2 Å². The summed E-state index contributed by atoms with van der Waals surface area (Å²) in [6.07, 6.45) is 8.31. The largest absolute Gasteiger partial charge is 0.322 e. The van der Waals surface area contributed by atoms with Crippen LogP contribution in [0.5, 0.6) is 0 Å². The van der Waals surface area contributed by atoms with Gasteiger partial charge in [-0.25, -0.2) is 0 Å². The Bertz CT molecular complexity index is 825. The molecule has 0 bridgehead atoms. The molecular formula is C17H15N3OS2. The summed E-state index contributed by atoms with van der Waals surface area (Å²) in [6.45, 7) is 0. The Balaban J connectivity index is 1.77. The second kappa shape index (κ2) is 6.22. The van der Waals surface area contributed by atoms with E-state index in [1.54, 1.807) is 23.7 Å². The Morgan fingerprint density at radius 2 is 2.00 bits per heavy atom. The Hall–Kier alpha value is -2.05. The molecule has 1 amide bonds. The SMILES string of the molecule is O=C(Nc1ccncc1)c1c(-n2cccc2)sc2c1CCSC2. The maximum absolute atomic E-state index is 12.9. The summed E-state index contributed by atoms with van der Waals surface area (Å²) in [4.78, 5) is 18.2. The van der Waals surface area contributed by atoms with Crippen molar-refractivity contribution in [2.45, 2.75) is 12.2 Å². The van der Waals surface area contributed by atoms with Crippen LogP contribution in [0.1, 0.15) is 20.8 Å². The van der Waals surface area contributed by atoms with Gasteiger partial charge in [0.2, 0.25) is 0 Å². The maximum Gasteiger partial charge on any atom is 0.258 e. The van der Waals surface area contributed by atoms with E-state index in [2.05, 4.69) is 10.3 Å². The third kappa shape index (κ3) is 2.80. The zero-order valence-electron chi connectivity index (χ0n) is 12.4. The van der Waals surface area contributed by atoms with Gasteiger partial charge < -0.3 is 9.88 Å². The molecule has 1 aliphatic heterocycles. The zero-order valence-corrected chi connectivity index (χ0v) is 14.0. The molecule has 0 aromatic carbocycles. The van der Waals surface area contributed by atoms with E-state index in [9.17, 15) is 4.79 Å². The lowest BCUT2D eigenvalue weighted by Gasteiger charge is -2.13. The van der Waals surface area contributed by atoms with Gasteiger partial charge in [0.05, 0.1) is 5.56 Å². The number of thioether (sulfide) groups is 1. The van der Waals surface area contributed by atoms with Gasteiger partial charge in [-0.2, -0.15) is 11.8 Å². The minimum absolute atomic E-state index is 0.0377.